The third-order valence-corrected chi connectivity index (χ3v) is 7.41. The van der Waals surface area contributed by atoms with Crippen molar-refractivity contribution in [2.75, 3.05) is 19.5 Å². The predicted molar refractivity (Wildman–Crippen MR) is 130 cm³/mol. The van der Waals surface area contributed by atoms with Crippen molar-refractivity contribution < 1.29 is 32.9 Å². The van der Waals surface area contributed by atoms with Gasteiger partial charge >= 0.3 is 5.97 Å². The summed E-state index contributed by atoms with van der Waals surface area (Å²) in [7, 11) is -1.00. The number of aromatic hydroxyl groups is 1. The average molecular weight is 497 g/mol. The quantitative estimate of drug-likeness (QED) is 0.274. The van der Waals surface area contributed by atoms with Crippen LogP contribution in [0.5, 0.6) is 17.2 Å². The van der Waals surface area contributed by atoms with Gasteiger partial charge in [0.2, 0.25) is 15.6 Å². The summed E-state index contributed by atoms with van der Waals surface area (Å²) in [6.45, 7) is 0. The number of carbonyl (C=O) groups is 1. The lowest BCUT2D eigenvalue weighted by Crippen LogP contribution is -2.31. The second kappa shape index (κ2) is 9.59. The van der Waals surface area contributed by atoms with E-state index < -0.39 is 21.8 Å². The number of benzene rings is 3. The molecule has 0 saturated heterocycles. The minimum atomic E-state index is -3.78. The van der Waals surface area contributed by atoms with E-state index in [9.17, 15) is 23.4 Å². The number of sulfone groups is 1. The van der Waals surface area contributed by atoms with Crippen LogP contribution in [-0.2, 0) is 21.1 Å². The van der Waals surface area contributed by atoms with Crippen molar-refractivity contribution in [1.82, 2.24) is 4.98 Å². The zero-order valence-electron chi connectivity index (χ0n) is 19.0. The summed E-state index contributed by atoms with van der Waals surface area (Å²) in [5.74, 6) is -0.966. The van der Waals surface area contributed by atoms with E-state index in [-0.39, 0.29) is 33.5 Å². The fourth-order valence-electron chi connectivity index (χ4n) is 3.84. The van der Waals surface area contributed by atoms with Crippen LogP contribution in [0.1, 0.15) is 5.56 Å². The molecule has 1 heterocycles. The summed E-state index contributed by atoms with van der Waals surface area (Å²) in [6, 6.07) is 15.1. The fourth-order valence-corrected chi connectivity index (χ4v) is 5.28. The van der Waals surface area contributed by atoms with Crippen LogP contribution in [0.25, 0.3) is 10.9 Å². The number of aromatic amines is 1. The van der Waals surface area contributed by atoms with Crippen LogP contribution >= 0.6 is 0 Å². The number of phenolic OH excluding ortho intramolecular Hbond substituents is 1. The fraction of sp³-hybridized carbons (Fsp3) is 0.160. The summed E-state index contributed by atoms with van der Waals surface area (Å²) in [5.41, 5.74) is 1.60. The molecule has 1 aromatic heterocycles. The van der Waals surface area contributed by atoms with Crippen LogP contribution in [0, 0.1) is 0 Å². The number of carboxylic acids is 1. The molecule has 4 N–H and O–H groups in total. The van der Waals surface area contributed by atoms with Gasteiger partial charge in [-0.1, -0.05) is 18.2 Å². The second-order valence-electron chi connectivity index (χ2n) is 7.82. The topological polar surface area (TPSA) is 138 Å². The van der Waals surface area contributed by atoms with Gasteiger partial charge in [-0.15, -0.1) is 0 Å². The molecular formula is C25H24N2O7S. The first kappa shape index (κ1) is 24.0. The van der Waals surface area contributed by atoms with Crippen molar-refractivity contribution in [1.29, 1.82) is 0 Å². The molecule has 0 aliphatic heterocycles. The number of nitrogens with one attached hydrogen (secondary N) is 2. The zero-order chi connectivity index (χ0) is 25.2. The highest BCUT2D eigenvalue weighted by atomic mass is 32.2. The van der Waals surface area contributed by atoms with Crippen LogP contribution in [-0.4, -0.2) is 49.8 Å². The van der Waals surface area contributed by atoms with E-state index >= 15 is 0 Å². The molecule has 35 heavy (non-hydrogen) atoms. The number of hydrogen-bond donors (Lipinski definition) is 4. The molecule has 0 bridgehead atoms. The smallest absolute Gasteiger partial charge is 0.326 e. The molecule has 1 atom stereocenters. The van der Waals surface area contributed by atoms with E-state index in [0.717, 1.165) is 0 Å². The van der Waals surface area contributed by atoms with E-state index in [1.807, 2.05) is 0 Å². The van der Waals surface area contributed by atoms with Gasteiger partial charge in [-0.05, 0) is 48.0 Å². The lowest BCUT2D eigenvalue weighted by atomic mass is 10.0. The van der Waals surface area contributed by atoms with Gasteiger partial charge in [-0.2, -0.15) is 0 Å². The first-order valence-electron chi connectivity index (χ1n) is 10.6. The molecule has 10 heteroatoms. The molecule has 0 aliphatic carbocycles. The monoisotopic (exact) mass is 496 g/mol. The number of phenols is 1. The van der Waals surface area contributed by atoms with Crippen molar-refractivity contribution in [3.8, 4) is 17.2 Å². The minimum absolute atomic E-state index is 0.0443. The van der Waals surface area contributed by atoms with Gasteiger partial charge in [0, 0.05) is 29.2 Å². The Bertz CT molecular complexity index is 1460. The van der Waals surface area contributed by atoms with Crippen molar-refractivity contribution in [2.45, 2.75) is 22.3 Å². The molecular weight excluding hydrogens is 472 g/mol. The van der Waals surface area contributed by atoms with Crippen LogP contribution < -0.4 is 14.8 Å². The van der Waals surface area contributed by atoms with Gasteiger partial charge < -0.3 is 30.0 Å². The Kier molecular flexibility index (Phi) is 6.57. The Labute approximate surface area is 201 Å². The van der Waals surface area contributed by atoms with E-state index in [1.165, 1.54) is 44.7 Å². The highest BCUT2D eigenvalue weighted by Crippen LogP contribution is 2.37. The van der Waals surface area contributed by atoms with Gasteiger partial charge in [0.25, 0.3) is 0 Å². The number of aliphatic carboxylic acids is 1. The Morgan fingerprint density at radius 3 is 2.29 bits per heavy atom. The summed E-state index contributed by atoms with van der Waals surface area (Å²) in [5, 5.41) is 23.4. The standard InChI is InChI=1S/C25H24N2O7S/c1-33-21-11-15(12-22(34-2)24(21)28)10-20(25(29)30)27-16-8-9-19-18(13-16)23(14-26-19)35(31,32)17-6-4-3-5-7-17/h3-9,11-14,20,26-28H,10H2,1-2H3,(H,29,30)/t20-/m1/s1. The van der Waals surface area contributed by atoms with Crippen LogP contribution in [0.3, 0.4) is 0 Å². The molecule has 4 aromatic rings. The number of anilines is 1. The molecule has 4 rings (SSSR count). The van der Waals surface area contributed by atoms with E-state index in [1.54, 1.807) is 36.4 Å². The van der Waals surface area contributed by atoms with Crippen LogP contribution in [0.4, 0.5) is 5.69 Å². The van der Waals surface area contributed by atoms with E-state index in [4.69, 9.17) is 9.47 Å². The summed E-state index contributed by atoms with van der Waals surface area (Å²) in [6.07, 6.45) is 1.48. The largest absolute Gasteiger partial charge is 0.502 e. The van der Waals surface area contributed by atoms with Gasteiger partial charge in [0.15, 0.2) is 11.5 Å². The molecule has 0 saturated carbocycles. The number of ether oxygens (including phenoxy) is 2. The molecule has 0 aliphatic rings. The third-order valence-electron chi connectivity index (χ3n) is 5.61. The Morgan fingerprint density at radius 1 is 1.03 bits per heavy atom. The highest BCUT2D eigenvalue weighted by Gasteiger charge is 2.24. The van der Waals surface area contributed by atoms with Gasteiger partial charge in [-0.3, -0.25) is 0 Å². The molecule has 0 unspecified atom stereocenters. The molecule has 0 radical (unpaired) electrons. The molecule has 0 amide bonds. The van der Waals surface area contributed by atoms with Crippen molar-refractivity contribution in [3.05, 3.63) is 72.4 Å². The van der Waals surface area contributed by atoms with Crippen LogP contribution in [0.2, 0.25) is 0 Å². The Morgan fingerprint density at radius 2 is 1.69 bits per heavy atom. The van der Waals surface area contributed by atoms with Crippen molar-refractivity contribution >= 4 is 32.4 Å². The normalized spacial score (nSPS) is 12.3. The Hall–Kier alpha value is -4.18. The molecule has 0 spiro atoms. The average Bonchev–Trinajstić information content (AvgIpc) is 3.29. The third kappa shape index (κ3) is 4.73. The van der Waals surface area contributed by atoms with Gasteiger partial charge in [0.1, 0.15) is 6.04 Å². The SMILES string of the molecule is COc1cc(C[C@@H](Nc2ccc3[nH]cc(S(=O)(=O)c4ccccc4)c3c2)C(=O)O)cc(OC)c1O. The summed E-state index contributed by atoms with van der Waals surface area (Å²) in [4.78, 5) is 15.3. The summed E-state index contributed by atoms with van der Waals surface area (Å²) < 4.78 is 36.6. The van der Waals surface area contributed by atoms with Crippen molar-refractivity contribution in [2.24, 2.45) is 0 Å². The first-order chi connectivity index (χ1) is 16.7. The minimum Gasteiger partial charge on any atom is -0.502 e. The molecule has 0 fully saturated rings. The van der Waals surface area contributed by atoms with Crippen molar-refractivity contribution in [3.63, 3.8) is 0 Å². The van der Waals surface area contributed by atoms with Crippen LogP contribution in [0.15, 0.2) is 76.7 Å². The first-order valence-corrected chi connectivity index (χ1v) is 12.1. The zero-order valence-corrected chi connectivity index (χ0v) is 19.8. The maximum absolute atomic E-state index is 13.2. The molecule has 182 valence electrons. The number of carboxylic acid groups (broad SMARTS) is 1. The highest BCUT2D eigenvalue weighted by molar-refractivity contribution is 7.91. The predicted octanol–water partition coefficient (Wildman–Crippen LogP) is 3.83. The number of aromatic nitrogens is 1. The van der Waals surface area contributed by atoms with Gasteiger partial charge in [0.05, 0.1) is 24.0 Å². The van der Waals surface area contributed by atoms with E-state index in [2.05, 4.69) is 10.3 Å². The maximum Gasteiger partial charge on any atom is 0.326 e. The number of hydrogen-bond acceptors (Lipinski definition) is 7. The number of fused-ring (bicyclic) bond motifs is 1. The number of H-pyrrole nitrogens is 1. The van der Waals surface area contributed by atoms with E-state index in [0.29, 0.717) is 22.2 Å². The Balaban J connectivity index is 1.66. The lowest BCUT2D eigenvalue weighted by molar-refractivity contribution is -0.137. The molecule has 9 nitrogen and oxygen atoms in total. The van der Waals surface area contributed by atoms with Gasteiger partial charge in [-0.25, -0.2) is 13.2 Å². The maximum atomic E-state index is 13.2. The number of methoxy groups -OCH3 is 2. The second-order valence-corrected chi connectivity index (χ2v) is 9.74. The molecule has 3 aromatic carbocycles. The lowest BCUT2D eigenvalue weighted by Gasteiger charge is -2.18. The summed E-state index contributed by atoms with van der Waals surface area (Å²) >= 11 is 0. The number of rotatable bonds is 9.